The predicted octanol–water partition coefficient (Wildman–Crippen LogP) is 5.87. The minimum atomic E-state index is -0.981. The highest BCUT2D eigenvalue weighted by Crippen LogP contribution is 2.23. The van der Waals surface area contributed by atoms with Crippen molar-refractivity contribution in [3.63, 3.8) is 0 Å². The van der Waals surface area contributed by atoms with Crippen molar-refractivity contribution < 1.29 is 38.9 Å². The molecule has 4 rings (SSSR count). The van der Waals surface area contributed by atoms with Gasteiger partial charge in [0.15, 0.2) is 11.6 Å². The quantitative estimate of drug-likeness (QED) is 0.211. The number of aliphatic carboxylic acids is 2. The first kappa shape index (κ1) is 30.8. The first-order valence-corrected chi connectivity index (χ1v) is 13.1. The van der Waals surface area contributed by atoms with Crippen LogP contribution in [-0.4, -0.2) is 47.9 Å². The zero-order valence-corrected chi connectivity index (χ0v) is 23.9. The summed E-state index contributed by atoms with van der Waals surface area (Å²) in [5, 5.41) is 17.9. The fourth-order valence-electron chi connectivity index (χ4n) is 3.92. The van der Waals surface area contributed by atoms with Crippen molar-refractivity contribution in [2.24, 2.45) is 0 Å². The van der Waals surface area contributed by atoms with E-state index < -0.39 is 11.9 Å². The minimum Gasteiger partial charge on any atom is -0.497 e. The van der Waals surface area contributed by atoms with Crippen molar-refractivity contribution >= 4 is 39.4 Å². The molecular formula is C32H27BrO8. The monoisotopic (exact) mass is 618 g/mol. The van der Waals surface area contributed by atoms with Crippen LogP contribution in [0.15, 0.2) is 95.5 Å². The standard InChI is InChI=1S/C16H13BrO4.C16H14O4/c1-21-13-7-4-11(8-15(18)19)14(9-13)16(20)10-2-5-12(17)6-3-10;1-20-13-8-7-12(9-15(17)18)14(10-13)16(19)11-5-3-2-4-6-11/h2-7,9H,8H2,1H3,(H,18,19);2-8,10H,9H2,1H3,(H,17,18). The zero-order valence-electron chi connectivity index (χ0n) is 22.3. The van der Waals surface area contributed by atoms with E-state index in [0.29, 0.717) is 44.9 Å². The average Bonchev–Trinajstić information content (AvgIpc) is 2.97. The number of carbonyl (C=O) groups excluding carboxylic acids is 2. The summed E-state index contributed by atoms with van der Waals surface area (Å²) in [7, 11) is 3.00. The van der Waals surface area contributed by atoms with E-state index in [2.05, 4.69) is 15.9 Å². The lowest BCUT2D eigenvalue weighted by molar-refractivity contribution is -0.137. The van der Waals surface area contributed by atoms with Crippen LogP contribution in [0.4, 0.5) is 0 Å². The van der Waals surface area contributed by atoms with Gasteiger partial charge in [0.25, 0.3) is 0 Å². The SMILES string of the molecule is COc1ccc(CC(=O)O)c(C(=O)c2ccc(Br)cc2)c1.COc1ccc(CC(=O)O)c(C(=O)c2ccccc2)c1. The molecule has 0 radical (unpaired) electrons. The number of methoxy groups -OCH3 is 2. The molecule has 4 aromatic rings. The second kappa shape index (κ2) is 14.6. The van der Waals surface area contributed by atoms with E-state index in [1.165, 1.54) is 14.2 Å². The maximum absolute atomic E-state index is 12.6. The molecule has 0 heterocycles. The van der Waals surface area contributed by atoms with Crippen molar-refractivity contribution in [3.05, 3.63) is 129 Å². The van der Waals surface area contributed by atoms with Crippen LogP contribution in [-0.2, 0) is 22.4 Å². The third kappa shape index (κ3) is 8.61. The Kier molecular flexibility index (Phi) is 10.9. The Balaban J connectivity index is 0.000000226. The average molecular weight is 619 g/mol. The minimum absolute atomic E-state index is 0.197. The van der Waals surface area contributed by atoms with Crippen molar-refractivity contribution in [3.8, 4) is 11.5 Å². The molecule has 0 saturated carbocycles. The van der Waals surface area contributed by atoms with Crippen molar-refractivity contribution in [1.82, 2.24) is 0 Å². The lowest BCUT2D eigenvalue weighted by Gasteiger charge is -2.09. The lowest BCUT2D eigenvalue weighted by atomic mass is 9.96. The zero-order chi connectivity index (χ0) is 29.9. The van der Waals surface area contributed by atoms with Gasteiger partial charge >= 0.3 is 11.9 Å². The molecule has 0 aliphatic heterocycles. The molecule has 0 spiro atoms. The molecule has 8 nitrogen and oxygen atoms in total. The van der Waals surface area contributed by atoms with Crippen LogP contribution >= 0.6 is 15.9 Å². The first-order chi connectivity index (χ1) is 19.6. The maximum Gasteiger partial charge on any atom is 0.307 e. The van der Waals surface area contributed by atoms with Crippen molar-refractivity contribution in [2.75, 3.05) is 14.2 Å². The summed E-state index contributed by atoms with van der Waals surface area (Å²) in [5.41, 5.74) is 2.67. The maximum atomic E-state index is 12.6. The molecule has 0 atom stereocenters. The van der Waals surface area contributed by atoms with Crippen LogP contribution in [0, 0.1) is 0 Å². The van der Waals surface area contributed by atoms with Gasteiger partial charge in [-0.2, -0.15) is 0 Å². The molecule has 41 heavy (non-hydrogen) atoms. The molecule has 0 aliphatic carbocycles. The molecule has 0 bridgehead atoms. The van der Waals surface area contributed by atoms with Gasteiger partial charge in [-0.1, -0.05) is 58.4 Å². The lowest BCUT2D eigenvalue weighted by Crippen LogP contribution is -2.09. The van der Waals surface area contributed by atoms with E-state index in [4.69, 9.17) is 19.7 Å². The summed E-state index contributed by atoms with van der Waals surface area (Å²) in [6.45, 7) is 0. The fraction of sp³-hybridized carbons (Fsp3) is 0.125. The molecule has 0 aliphatic rings. The Morgan fingerprint density at radius 2 is 1.02 bits per heavy atom. The van der Waals surface area contributed by atoms with Crippen molar-refractivity contribution in [2.45, 2.75) is 12.8 Å². The smallest absolute Gasteiger partial charge is 0.307 e. The summed E-state index contributed by atoms with van der Waals surface area (Å²) in [5.74, 6) is -1.34. The number of carbonyl (C=O) groups is 4. The molecular weight excluding hydrogens is 592 g/mol. The summed E-state index contributed by atoms with van der Waals surface area (Å²) in [4.78, 5) is 46.9. The summed E-state index contributed by atoms with van der Waals surface area (Å²) < 4.78 is 11.1. The highest BCUT2D eigenvalue weighted by atomic mass is 79.9. The Hall–Kier alpha value is -4.76. The molecule has 0 unspecified atom stereocenters. The van der Waals surface area contributed by atoms with Gasteiger partial charge < -0.3 is 19.7 Å². The van der Waals surface area contributed by atoms with E-state index in [-0.39, 0.29) is 24.4 Å². The molecule has 9 heteroatoms. The Morgan fingerprint density at radius 1 is 0.610 bits per heavy atom. The highest BCUT2D eigenvalue weighted by Gasteiger charge is 2.18. The molecule has 0 fully saturated rings. The van der Waals surface area contributed by atoms with Crippen LogP contribution in [0.5, 0.6) is 11.5 Å². The Morgan fingerprint density at radius 3 is 1.41 bits per heavy atom. The van der Waals surface area contributed by atoms with E-state index in [0.717, 1.165) is 4.47 Å². The summed E-state index contributed by atoms with van der Waals surface area (Å²) in [6.07, 6.45) is -0.403. The van der Waals surface area contributed by atoms with Gasteiger partial charge in [-0.05, 0) is 59.7 Å². The van der Waals surface area contributed by atoms with Gasteiger partial charge in [0.2, 0.25) is 0 Å². The Bertz CT molecular complexity index is 1550. The predicted molar refractivity (Wildman–Crippen MR) is 156 cm³/mol. The van der Waals surface area contributed by atoms with Gasteiger partial charge in [-0.15, -0.1) is 0 Å². The number of hydrogen-bond acceptors (Lipinski definition) is 6. The van der Waals surface area contributed by atoms with Crippen LogP contribution < -0.4 is 9.47 Å². The number of benzene rings is 4. The summed E-state index contributed by atoms with van der Waals surface area (Å²) >= 11 is 3.31. The molecule has 2 N–H and O–H groups in total. The third-order valence-corrected chi connectivity index (χ3v) is 6.48. The van der Waals surface area contributed by atoms with Gasteiger partial charge in [0.1, 0.15) is 11.5 Å². The van der Waals surface area contributed by atoms with Crippen LogP contribution in [0.25, 0.3) is 0 Å². The number of carboxylic acid groups (broad SMARTS) is 2. The van der Waals surface area contributed by atoms with E-state index >= 15 is 0 Å². The fourth-order valence-corrected chi connectivity index (χ4v) is 4.19. The second-order valence-electron chi connectivity index (χ2n) is 8.72. The number of ether oxygens (including phenoxy) is 2. The number of halogens is 1. The highest BCUT2D eigenvalue weighted by molar-refractivity contribution is 9.10. The van der Waals surface area contributed by atoms with Gasteiger partial charge in [0, 0.05) is 26.7 Å². The van der Waals surface area contributed by atoms with E-state index in [9.17, 15) is 19.2 Å². The largest absolute Gasteiger partial charge is 0.497 e. The molecule has 0 saturated heterocycles. The van der Waals surface area contributed by atoms with Gasteiger partial charge in [0.05, 0.1) is 27.1 Å². The number of hydrogen-bond donors (Lipinski definition) is 2. The van der Waals surface area contributed by atoms with Crippen LogP contribution in [0.1, 0.15) is 43.0 Å². The van der Waals surface area contributed by atoms with Crippen LogP contribution in [0.3, 0.4) is 0 Å². The molecule has 0 aromatic heterocycles. The molecule has 4 aromatic carbocycles. The normalized spacial score (nSPS) is 10.1. The van der Waals surface area contributed by atoms with E-state index in [1.807, 2.05) is 6.07 Å². The summed E-state index contributed by atoms with van der Waals surface area (Å²) in [6, 6.07) is 25.4. The molecule has 210 valence electrons. The van der Waals surface area contributed by atoms with Crippen molar-refractivity contribution in [1.29, 1.82) is 0 Å². The number of carboxylic acids is 2. The second-order valence-corrected chi connectivity index (χ2v) is 9.63. The number of rotatable bonds is 10. The van der Waals surface area contributed by atoms with Gasteiger partial charge in [-0.25, -0.2) is 0 Å². The third-order valence-electron chi connectivity index (χ3n) is 5.95. The first-order valence-electron chi connectivity index (χ1n) is 12.3. The van der Waals surface area contributed by atoms with E-state index in [1.54, 1.807) is 84.9 Å². The van der Waals surface area contributed by atoms with Gasteiger partial charge in [-0.3, -0.25) is 19.2 Å². The number of ketones is 2. The Labute approximate surface area is 245 Å². The topological polar surface area (TPSA) is 127 Å². The molecule has 0 amide bonds. The van der Waals surface area contributed by atoms with Crippen LogP contribution in [0.2, 0.25) is 0 Å².